The van der Waals surface area contributed by atoms with Gasteiger partial charge in [-0.15, -0.1) is 0 Å². The van der Waals surface area contributed by atoms with Gasteiger partial charge in [-0.25, -0.2) is 9.97 Å². The van der Waals surface area contributed by atoms with Crippen LogP contribution in [0.1, 0.15) is 23.7 Å². The van der Waals surface area contributed by atoms with Crippen molar-refractivity contribution in [2.24, 2.45) is 0 Å². The number of carbonyl (C=O) groups is 1. The fourth-order valence-electron chi connectivity index (χ4n) is 2.63. The number of carbonyl (C=O) groups excluding carboxylic acids is 1. The first-order valence-electron chi connectivity index (χ1n) is 9.24. The van der Waals surface area contributed by atoms with Gasteiger partial charge in [0, 0.05) is 12.1 Å². The molecule has 0 aliphatic rings. The van der Waals surface area contributed by atoms with E-state index in [0.29, 0.717) is 12.1 Å². The van der Waals surface area contributed by atoms with Crippen molar-refractivity contribution in [2.45, 2.75) is 37.0 Å². The molecule has 4 nitrogen and oxygen atoms in total. The van der Waals surface area contributed by atoms with Crippen LogP contribution in [0.2, 0.25) is 0 Å². The summed E-state index contributed by atoms with van der Waals surface area (Å²) < 4.78 is 40.0. The lowest BCUT2D eigenvalue weighted by Gasteiger charge is -2.14. The SMILES string of the molecule is Cc1ccc(CNC(=O)C(C)Sc2nc(-c3ccccc3)cc(C(F)(F)F)n2)cc1. The van der Waals surface area contributed by atoms with E-state index in [0.717, 1.165) is 29.0 Å². The Hall–Kier alpha value is -2.87. The lowest BCUT2D eigenvalue weighted by molar-refractivity contribution is -0.141. The van der Waals surface area contributed by atoms with Gasteiger partial charge in [0.05, 0.1) is 10.9 Å². The maximum atomic E-state index is 13.3. The Balaban J connectivity index is 1.75. The summed E-state index contributed by atoms with van der Waals surface area (Å²) in [4.78, 5) is 20.3. The van der Waals surface area contributed by atoms with Crippen molar-refractivity contribution in [3.8, 4) is 11.3 Å². The first-order valence-corrected chi connectivity index (χ1v) is 10.1. The third kappa shape index (κ3) is 5.82. The number of aryl methyl sites for hydroxylation is 1. The summed E-state index contributed by atoms with van der Waals surface area (Å²) in [7, 11) is 0. The van der Waals surface area contributed by atoms with E-state index in [2.05, 4.69) is 15.3 Å². The highest BCUT2D eigenvalue weighted by Gasteiger charge is 2.34. The molecule has 1 N–H and O–H groups in total. The minimum Gasteiger partial charge on any atom is -0.351 e. The van der Waals surface area contributed by atoms with Gasteiger partial charge in [-0.1, -0.05) is 71.9 Å². The number of nitrogens with one attached hydrogen (secondary N) is 1. The molecule has 1 unspecified atom stereocenters. The highest BCUT2D eigenvalue weighted by atomic mass is 32.2. The standard InChI is InChI=1S/C22H20F3N3OS/c1-14-8-10-16(11-9-14)13-26-20(29)15(2)30-21-27-18(17-6-4-3-5-7-17)12-19(28-21)22(23,24)25/h3-12,15H,13H2,1-2H3,(H,26,29). The highest BCUT2D eigenvalue weighted by molar-refractivity contribution is 8.00. The number of alkyl halides is 3. The number of benzene rings is 2. The van der Waals surface area contributed by atoms with Gasteiger partial charge < -0.3 is 5.32 Å². The normalized spacial score (nSPS) is 12.4. The van der Waals surface area contributed by atoms with Crippen LogP contribution in [0.25, 0.3) is 11.3 Å². The molecular weight excluding hydrogens is 411 g/mol. The first-order chi connectivity index (χ1) is 14.2. The Morgan fingerprint density at radius 2 is 1.73 bits per heavy atom. The molecule has 1 amide bonds. The zero-order valence-electron chi connectivity index (χ0n) is 16.4. The summed E-state index contributed by atoms with van der Waals surface area (Å²) in [6.07, 6.45) is -4.61. The molecule has 30 heavy (non-hydrogen) atoms. The van der Waals surface area contributed by atoms with E-state index in [1.165, 1.54) is 0 Å². The molecule has 0 radical (unpaired) electrons. The van der Waals surface area contributed by atoms with Crippen LogP contribution in [0.5, 0.6) is 0 Å². The largest absolute Gasteiger partial charge is 0.433 e. The average molecular weight is 431 g/mol. The Morgan fingerprint density at radius 1 is 1.07 bits per heavy atom. The number of thioether (sulfide) groups is 1. The summed E-state index contributed by atoms with van der Waals surface area (Å²) in [6.45, 7) is 3.92. The first kappa shape index (κ1) is 21.8. The molecule has 2 aromatic carbocycles. The van der Waals surface area contributed by atoms with Crippen LogP contribution >= 0.6 is 11.8 Å². The van der Waals surface area contributed by atoms with E-state index in [-0.39, 0.29) is 16.8 Å². The van der Waals surface area contributed by atoms with Crippen LogP contribution in [0.3, 0.4) is 0 Å². The van der Waals surface area contributed by atoms with Gasteiger partial charge in [-0.2, -0.15) is 13.2 Å². The smallest absolute Gasteiger partial charge is 0.351 e. The van der Waals surface area contributed by atoms with Crippen molar-refractivity contribution in [2.75, 3.05) is 0 Å². The summed E-state index contributed by atoms with van der Waals surface area (Å²) >= 11 is 0.894. The zero-order valence-corrected chi connectivity index (χ0v) is 17.2. The molecule has 3 aromatic rings. The maximum absolute atomic E-state index is 13.3. The van der Waals surface area contributed by atoms with Crippen LogP contribution in [-0.2, 0) is 17.5 Å². The van der Waals surface area contributed by atoms with Gasteiger partial charge in [-0.05, 0) is 25.5 Å². The van der Waals surface area contributed by atoms with Crippen molar-refractivity contribution in [1.82, 2.24) is 15.3 Å². The van der Waals surface area contributed by atoms with E-state index >= 15 is 0 Å². The number of rotatable bonds is 6. The van der Waals surface area contributed by atoms with Crippen LogP contribution in [0.4, 0.5) is 13.2 Å². The molecule has 156 valence electrons. The summed E-state index contributed by atoms with van der Waals surface area (Å²) in [5, 5.41) is 2.03. The highest BCUT2D eigenvalue weighted by Crippen LogP contribution is 2.32. The zero-order chi connectivity index (χ0) is 21.7. The summed E-state index contributed by atoms with van der Waals surface area (Å²) in [5.41, 5.74) is 1.72. The monoisotopic (exact) mass is 431 g/mol. The number of hydrogen-bond acceptors (Lipinski definition) is 4. The molecule has 1 atom stereocenters. The Bertz CT molecular complexity index is 1010. The topological polar surface area (TPSA) is 54.9 Å². The predicted molar refractivity (Wildman–Crippen MR) is 111 cm³/mol. The lowest BCUT2D eigenvalue weighted by atomic mass is 10.1. The van der Waals surface area contributed by atoms with Gasteiger partial charge in [0.25, 0.3) is 0 Å². The molecule has 0 bridgehead atoms. The summed E-state index contributed by atoms with van der Waals surface area (Å²) in [5.74, 6) is -0.303. The Labute approximate surface area is 177 Å². The van der Waals surface area contributed by atoms with Gasteiger partial charge in [0.15, 0.2) is 5.16 Å². The van der Waals surface area contributed by atoms with Crippen LogP contribution in [-0.4, -0.2) is 21.1 Å². The van der Waals surface area contributed by atoms with Crippen LogP contribution < -0.4 is 5.32 Å². The molecule has 3 rings (SSSR count). The summed E-state index contributed by atoms with van der Waals surface area (Å²) in [6, 6.07) is 17.2. The van der Waals surface area contributed by atoms with Crippen LogP contribution in [0, 0.1) is 6.92 Å². The molecule has 0 fully saturated rings. The van der Waals surface area contributed by atoms with Crippen molar-refractivity contribution in [3.63, 3.8) is 0 Å². The number of amides is 1. The van der Waals surface area contributed by atoms with E-state index in [4.69, 9.17) is 0 Å². The molecule has 0 saturated carbocycles. The van der Waals surface area contributed by atoms with Gasteiger partial charge in [-0.3, -0.25) is 4.79 Å². The van der Waals surface area contributed by atoms with Crippen molar-refractivity contribution < 1.29 is 18.0 Å². The van der Waals surface area contributed by atoms with E-state index in [1.807, 2.05) is 31.2 Å². The molecule has 0 spiro atoms. The fourth-order valence-corrected chi connectivity index (χ4v) is 3.44. The van der Waals surface area contributed by atoms with Gasteiger partial charge >= 0.3 is 6.18 Å². The second-order valence-corrected chi connectivity index (χ2v) is 8.06. The molecule has 0 aliphatic heterocycles. The lowest BCUT2D eigenvalue weighted by Crippen LogP contribution is -2.30. The molecule has 8 heteroatoms. The number of aromatic nitrogens is 2. The van der Waals surface area contributed by atoms with E-state index in [9.17, 15) is 18.0 Å². The number of halogens is 3. The quantitative estimate of drug-likeness (QED) is 0.427. The van der Waals surface area contributed by atoms with E-state index < -0.39 is 17.1 Å². The third-order valence-corrected chi connectivity index (χ3v) is 5.27. The minimum absolute atomic E-state index is 0.0957. The van der Waals surface area contributed by atoms with Crippen molar-refractivity contribution in [3.05, 3.63) is 77.5 Å². The number of nitrogens with zero attached hydrogens (tertiary/aromatic N) is 2. The maximum Gasteiger partial charge on any atom is 0.433 e. The second-order valence-electron chi connectivity index (χ2n) is 6.75. The third-order valence-electron chi connectivity index (χ3n) is 4.30. The molecule has 0 aliphatic carbocycles. The Morgan fingerprint density at radius 3 is 2.37 bits per heavy atom. The molecule has 0 saturated heterocycles. The predicted octanol–water partition coefficient (Wildman–Crippen LogP) is 5.27. The molecular formula is C22H20F3N3OS. The fraction of sp³-hybridized carbons (Fsp3) is 0.227. The molecule has 1 aromatic heterocycles. The average Bonchev–Trinajstić information content (AvgIpc) is 2.73. The van der Waals surface area contributed by atoms with Crippen molar-refractivity contribution in [1.29, 1.82) is 0 Å². The molecule has 1 heterocycles. The van der Waals surface area contributed by atoms with E-state index in [1.54, 1.807) is 37.3 Å². The Kier molecular flexibility index (Phi) is 6.77. The minimum atomic E-state index is -4.61. The van der Waals surface area contributed by atoms with Crippen LogP contribution in [0.15, 0.2) is 65.8 Å². The second kappa shape index (κ2) is 9.30. The van der Waals surface area contributed by atoms with Crippen molar-refractivity contribution >= 4 is 17.7 Å². The van der Waals surface area contributed by atoms with Gasteiger partial charge in [0.2, 0.25) is 5.91 Å². The van der Waals surface area contributed by atoms with Gasteiger partial charge in [0.1, 0.15) is 5.69 Å². The number of hydrogen-bond donors (Lipinski definition) is 1.